The largest absolute Gasteiger partial charge is 0.442 e. The van der Waals surface area contributed by atoms with Gasteiger partial charge >= 0.3 is 36.1 Å². The Bertz CT molecular complexity index is 810. The van der Waals surface area contributed by atoms with Gasteiger partial charge in [-0.1, -0.05) is 24.8 Å². The van der Waals surface area contributed by atoms with Crippen molar-refractivity contribution in [1.29, 1.82) is 0 Å². The Morgan fingerprint density at radius 3 is 1.70 bits per heavy atom. The number of hydrogen-bond acceptors (Lipinski definition) is 4. The van der Waals surface area contributed by atoms with Gasteiger partial charge in [0, 0.05) is 24.1 Å². The molecule has 1 atom stereocenters. The lowest BCUT2D eigenvalue weighted by atomic mass is 9.86. The maximum Gasteiger partial charge on any atom is 0.442 e. The van der Waals surface area contributed by atoms with E-state index in [1.54, 1.807) is 0 Å². The molecule has 0 heterocycles. The first-order valence-electron chi connectivity index (χ1n) is 7.69. The van der Waals surface area contributed by atoms with Crippen LogP contribution >= 0.6 is 0 Å². The molecular formula is C17H13F9O4. The van der Waals surface area contributed by atoms with E-state index in [4.69, 9.17) is 0 Å². The molecule has 0 amide bonds. The summed E-state index contributed by atoms with van der Waals surface area (Å²) in [6.07, 6.45) is -17.7. The fourth-order valence-electron chi connectivity index (χ4n) is 2.44. The molecule has 13 heteroatoms. The van der Waals surface area contributed by atoms with E-state index in [1.165, 1.54) is 0 Å². The van der Waals surface area contributed by atoms with Gasteiger partial charge in [-0.2, -0.15) is 39.5 Å². The van der Waals surface area contributed by atoms with Gasteiger partial charge < -0.3 is 9.47 Å². The van der Waals surface area contributed by atoms with Crippen molar-refractivity contribution in [3.8, 4) is 0 Å². The van der Waals surface area contributed by atoms with Crippen LogP contribution in [0.15, 0.2) is 36.9 Å². The Morgan fingerprint density at radius 1 is 0.867 bits per heavy atom. The Morgan fingerprint density at radius 2 is 1.33 bits per heavy atom. The Labute approximate surface area is 163 Å². The van der Waals surface area contributed by atoms with Crippen molar-refractivity contribution < 1.29 is 58.6 Å². The molecule has 1 aromatic rings. The van der Waals surface area contributed by atoms with E-state index in [1.807, 2.05) is 0 Å². The van der Waals surface area contributed by atoms with Crippen LogP contribution in [0.2, 0.25) is 0 Å². The first-order valence-corrected chi connectivity index (χ1v) is 7.69. The second-order valence-electron chi connectivity index (χ2n) is 6.01. The molecule has 0 saturated carbocycles. The van der Waals surface area contributed by atoms with Gasteiger partial charge in [0.25, 0.3) is 0 Å². The molecule has 1 rings (SSSR count). The fraction of sp³-hybridized carbons (Fsp3) is 0.412. The lowest BCUT2D eigenvalue weighted by molar-refractivity contribution is -0.377. The number of hydrogen-bond donors (Lipinski definition) is 0. The van der Waals surface area contributed by atoms with Gasteiger partial charge in [-0.15, -0.1) is 0 Å². The van der Waals surface area contributed by atoms with Crippen LogP contribution in [0, 0.1) is 0 Å². The number of alkyl halides is 9. The van der Waals surface area contributed by atoms with Crippen molar-refractivity contribution in [1.82, 2.24) is 0 Å². The third-order valence-corrected chi connectivity index (χ3v) is 3.93. The molecule has 0 aliphatic carbocycles. The summed E-state index contributed by atoms with van der Waals surface area (Å²) in [6, 6.07) is 0.970. The van der Waals surface area contributed by atoms with Gasteiger partial charge in [0.2, 0.25) is 5.60 Å². The molecule has 0 aromatic heterocycles. The Hall–Kier alpha value is -2.73. The standard InChI is InChI=1S/C17H13F9O4/c1-4-12(28)30-13(3,15(18,19)20)10-6-5-7-11(8-10)14(16(21,22)23,17(24,25)26)29-9(2)27/h4-8H,1H2,2-3H3. The Kier molecular flexibility index (Phi) is 6.61. The van der Waals surface area contributed by atoms with E-state index in [0.717, 1.165) is 0 Å². The number of carbonyl (C=O) groups is 2. The topological polar surface area (TPSA) is 52.6 Å². The van der Waals surface area contributed by atoms with Crippen molar-refractivity contribution in [2.75, 3.05) is 0 Å². The molecule has 168 valence electrons. The summed E-state index contributed by atoms with van der Waals surface area (Å²) in [7, 11) is 0. The lowest BCUT2D eigenvalue weighted by Gasteiger charge is -2.38. The molecule has 0 fully saturated rings. The predicted octanol–water partition coefficient (Wildman–Crippen LogP) is 5.08. The van der Waals surface area contributed by atoms with Gasteiger partial charge in [0.1, 0.15) is 0 Å². The van der Waals surface area contributed by atoms with Crippen molar-refractivity contribution in [2.24, 2.45) is 0 Å². The number of carbonyl (C=O) groups excluding carboxylic acids is 2. The van der Waals surface area contributed by atoms with Gasteiger partial charge in [-0.3, -0.25) is 4.79 Å². The van der Waals surface area contributed by atoms with Gasteiger partial charge in [0.05, 0.1) is 0 Å². The number of rotatable bonds is 5. The molecule has 0 spiro atoms. The highest BCUT2D eigenvalue weighted by atomic mass is 19.4. The third-order valence-electron chi connectivity index (χ3n) is 3.93. The molecule has 0 radical (unpaired) electrons. The summed E-state index contributed by atoms with van der Waals surface area (Å²) in [6.45, 7) is 3.37. The molecule has 1 unspecified atom stereocenters. The second-order valence-corrected chi connectivity index (χ2v) is 6.01. The zero-order chi connectivity index (χ0) is 23.8. The predicted molar refractivity (Wildman–Crippen MR) is 81.7 cm³/mol. The number of esters is 2. The second kappa shape index (κ2) is 7.84. The van der Waals surface area contributed by atoms with Crippen molar-refractivity contribution in [3.63, 3.8) is 0 Å². The average molecular weight is 452 g/mol. The molecule has 0 bridgehead atoms. The minimum Gasteiger partial charge on any atom is -0.442 e. The monoisotopic (exact) mass is 452 g/mol. The maximum atomic E-state index is 13.6. The highest BCUT2D eigenvalue weighted by molar-refractivity contribution is 5.81. The van der Waals surface area contributed by atoms with Crippen molar-refractivity contribution >= 4 is 11.9 Å². The summed E-state index contributed by atoms with van der Waals surface area (Å²) < 4.78 is 130. The van der Waals surface area contributed by atoms with Gasteiger partial charge in [-0.25, -0.2) is 4.79 Å². The van der Waals surface area contributed by atoms with Crippen LogP contribution in [-0.2, 0) is 30.3 Å². The van der Waals surface area contributed by atoms with E-state index in [-0.39, 0.29) is 26.0 Å². The average Bonchev–Trinajstić information content (AvgIpc) is 2.56. The van der Waals surface area contributed by atoms with E-state index in [0.29, 0.717) is 18.2 Å². The first-order chi connectivity index (χ1) is 13.3. The van der Waals surface area contributed by atoms with Gasteiger partial charge in [0.15, 0.2) is 0 Å². The zero-order valence-corrected chi connectivity index (χ0v) is 15.1. The van der Waals surface area contributed by atoms with Gasteiger partial charge in [-0.05, 0) is 13.0 Å². The van der Waals surface area contributed by atoms with Crippen LogP contribution in [0.25, 0.3) is 0 Å². The normalized spacial score (nSPS) is 15.2. The van der Waals surface area contributed by atoms with E-state index < -0.39 is 52.8 Å². The highest BCUT2D eigenvalue weighted by Gasteiger charge is 2.75. The van der Waals surface area contributed by atoms with Crippen LogP contribution in [0.4, 0.5) is 39.5 Å². The smallest absolute Gasteiger partial charge is 0.442 e. The minimum atomic E-state index is -6.30. The van der Waals surface area contributed by atoms with Crippen LogP contribution in [0.3, 0.4) is 0 Å². The summed E-state index contributed by atoms with van der Waals surface area (Å²) in [5, 5.41) is 0. The van der Waals surface area contributed by atoms with Crippen LogP contribution < -0.4 is 0 Å². The summed E-state index contributed by atoms with van der Waals surface area (Å²) in [4.78, 5) is 22.4. The lowest BCUT2D eigenvalue weighted by Crippen LogP contribution is -2.56. The SMILES string of the molecule is C=CC(=O)OC(C)(c1cccc(C(OC(C)=O)(C(F)(F)F)C(F)(F)F)c1)C(F)(F)F. The number of ether oxygens (including phenoxy) is 2. The maximum absolute atomic E-state index is 13.6. The van der Waals surface area contributed by atoms with Crippen molar-refractivity contribution in [2.45, 2.75) is 43.6 Å². The highest BCUT2D eigenvalue weighted by Crippen LogP contribution is 2.54. The summed E-state index contributed by atoms with van der Waals surface area (Å²) in [5.74, 6) is -3.63. The summed E-state index contributed by atoms with van der Waals surface area (Å²) in [5.41, 5.74) is -12.1. The van der Waals surface area contributed by atoms with Crippen LogP contribution in [0.1, 0.15) is 25.0 Å². The minimum absolute atomic E-state index is 0.145. The molecular weight excluding hydrogens is 439 g/mol. The quantitative estimate of drug-likeness (QED) is 0.356. The summed E-state index contributed by atoms with van der Waals surface area (Å²) >= 11 is 0. The van der Waals surface area contributed by atoms with Crippen LogP contribution in [0.5, 0.6) is 0 Å². The van der Waals surface area contributed by atoms with E-state index >= 15 is 0 Å². The number of benzene rings is 1. The fourth-order valence-corrected chi connectivity index (χ4v) is 2.44. The van der Waals surface area contributed by atoms with E-state index in [2.05, 4.69) is 16.1 Å². The zero-order valence-electron chi connectivity index (χ0n) is 15.1. The molecule has 0 N–H and O–H groups in total. The van der Waals surface area contributed by atoms with E-state index in [9.17, 15) is 49.1 Å². The molecule has 1 aromatic carbocycles. The molecule has 0 aliphatic rings. The van der Waals surface area contributed by atoms with Crippen LogP contribution in [-0.4, -0.2) is 30.5 Å². The molecule has 4 nitrogen and oxygen atoms in total. The van der Waals surface area contributed by atoms with Crippen molar-refractivity contribution in [3.05, 3.63) is 48.0 Å². The molecule has 30 heavy (non-hydrogen) atoms. The molecule has 0 aliphatic heterocycles. The number of halogens is 9. The Balaban J connectivity index is 3.90. The first kappa shape index (κ1) is 25.3. The third kappa shape index (κ3) is 4.38. The molecule has 0 saturated heterocycles.